The van der Waals surface area contributed by atoms with Crippen molar-refractivity contribution in [3.05, 3.63) is 0 Å². The first-order valence-corrected chi connectivity index (χ1v) is 12.3. The van der Waals surface area contributed by atoms with Crippen molar-refractivity contribution >= 4 is 35.8 Å². The van der Waals surface area contributed by atoms with Crippen LogP contribution in [0.2, 0.25) is 0 Å². The van der Waals surface area contributed by atoms with Crippen LogP contribution < -0.4 is 16.0 Å². The zero-order chi connectivity index (χ0) is 21.4. The lowest BCUT2D eigenvalue weighted by molar-refractivity contribution is -0.125. The minimum atomic E-state index is 0. The third kappa shape index (κ3) is 6.93. The fourth-order valence-corrected chi connectivity index (χ4v) is 5.50. The van der Waals surface area contributed by atoms with Crippen LogP contribution in [0.25, 0.3) is 0 Å². The standard InChI is InChI=1S/C23H43N5O2.HI/c1-4-13-25-21(29)17-28-14-9-18(10-15-28)26-22(24-5-2)27-19-16-20(30-6-3)23(19)11-7-8-12-23;/h18-20H,4-17H2,1-3H3,(H,25,29)(H2,24,26,27);1H. The highest BCUT2D eigenvalue weighted by atomic mass is 127. The number of ether oxygens (including phenoxy) is 1. The van der Waals surface area contributed by atoms with E-state index in [1.54, 1.807) is 0 Å². The Morgan fingerprint density at radius 2 is 1.84 bits per heavy atom. The minimum absolute atomic E-state index is 0. The van der Waals surface area contributed by atoms with E-state index in [1.807, 2.05) is 0 Å². The molecule has 1 amide bonds. The number of hydrogen-bond acceptors (Lipinski definition) is 4. The fraction of sp³-hybridized carbons (Fsp3) is 0.913. The molecule has 180 valence electrons. The molecule has 2 unspecified atom stereocenters. The topological polar surface area (TPSA) is 78.0 Å². The van der Waals surface area contributed by atoms with Crippen LogP contribution in [-0.4, -0.2) is 74.3 Å². The number of piperidine rings is 1. The van der Waals surface area contributed by atoms with Crippen molar-refractivity contribution < 1.29 is 9.53 Å². The molecule has 1 heterocycles. The molecule has 0 bridgehead atoms. The van der Waals surface area contributed by atoms with Crippen LogP contribution in [-0.2, 0) is 9.53 Å². The number of aliphatic imine (C=N–C) groups is 1. The molecule has 1 spiro atoms. The van der Waals surface area contributed by atoms with Crippen molar-refractivity contribution in [2.45, 2.75) is 90.3 Å². The van der Waals surface area contributed by atoms with E-state index in [0.717, 1.165) is 64.4 Å². The number of halogens is 1. The molecule has 8 heteroatoms. The molecule has 2 aliphatic carbocycles. The molecular weight excluding hydrogens is 505 g/mol. The number of rotatable bonds is 9. The Kier molecular flexibility index (Phi) is 11.3. The quantitative estimate of drug-likeness (QED) is 0.234. The molecule has 3 fully saturated rings. The second-order valence-corrected chi connectivity index (χ2v) is 9.18. The van der Waals surface area contributed by atoms with Gasteiger partial charge in [0.2, 0.25) is 5.91 Å². The normalized spacial score (nSPS) is 26.2. The summed E-state index contributed by atoms with van der Waals surface area (Å²) in [5.74, 6) is 1.11. The number of amides is 1. The molecule has 3 aliphatic rings. The minimum Gasteiger partial charge on any atom is -0.378 e. The first-order valence-electron chi connectivity index (χ1n) is 12.3. The van der Waals surface area contributed by atoms with Crippen molar-refractivity contribution in [2.24, 2.45) is 10.4 Å². The van der Waals surface area contributed by atoms with Crippen LogP contribution in [0.15, 0.2) is 4.99 Å². The molecule has 2 atom stereocenters. The molecule has 0 aromatic carbocycles. The number of carbonyl (C=O) groups excluding carboxylic acids is 1. The highest BCUT2D eigenvalue weighted by Gasteiger charge is 2.57. The molecular formula is C23H44IN5O2. The van der Waals surface area contributed by atoms with Crippen LogP contribution in [0.1, 0.15) is 72.1 Å². The smallest absolute Gasteiger partial charge is 0.234 e. The van der Waals surface area contributed by atoms with Gasteiger partial charge in [0.15, 0.2) is 5.96 Å². The SMILES string of the molecule is CCCNC(=O)CN1CCC(NC(=NCC)NC2CC(OCC)C23CCCC3)CC1.I. The van der Waals surface area contributed by atoms with E-state index in [2.05, 4.69) is 41.6 Å². The lowest BCUT2D eigenvalue weighted by Gasteiger charge is -2.54. The van der Waals surface area contributed by atoms with E-state index < -0.39 is 0 Å². The molecule has 0 aromatic rings. The maximum atomic E-state index is 12.0. The van der Waals surface area contributed by atoms with E-state index in [1.165, 1.54) is 25.7 Å². The molecule has 31 heavy (non-hydrogen) atoms. The Morgan fingerprint density at radius 3 is 2.45 bits per heavy atom. The van der Waals surface area contributed by atoms with E-state index >= 15 is 0 Å². The lowest BCUT2D eigenvalue weighted by atomic mass is 9.60. The van der Waals surface area contributed by atoms with Gasteiger partial charge < -0.3 is 20.7 Å². The van der Waals surface area contributed by atoms with Crippen LogP contribution in [0.3, 0.4) is 0 Å². The zero-order valence-electron chi connectivity index (χ0n) is 19.8. The van der Waals surface area contributed by atoms with Gasteiger partial charge >= 0.3 is 0 Å². The zero-order valence-corrected chi connectivity index (χ0v) is 22.1. The van der Waals surface area contributed by atoms with Crippen molar-refractivity contribution in [2.75, 3.05) is 39.3 Å². The Labute approximate surface area is 205 Å². The molecule has 0 aromatic heterocycles. The van der Waals surface area contributed by atoms with Crippen molar-refractivity contribution in [1.82, 2.24) is 20.9 Å². The molecule has 3 N–H and O–H groups in total. The number of nitrogens with zero attached hydrogens (tertiary/aromatic N) is 2. The highest BCUT2D eigenvalue weighted by molar-refractivity contribution is 14.0. The van der Waals surface area contributed by atoms with Gasteiger partial charge in [-0.3, -0.25) is 14.7 Å². The van der Waals surface area contributed by atoms with Crippen molar-refractivity contribution in [1.29, 1.82) is 0 Å². The largest absolute Gasteiger partial charge is 0.378 e. The number of guanidine groups is 1. The molecule has 7 nitrogen and oxygen atoms in total. The Hall–Kier alpha value is -0.610. The van der Waals surface area contributed by atoms with Gasteiger partial charge in [-0.25, -0.2) is 0 Å². The highest BCUT2D eigenvalue weighted by Crippen LogP contribution is 2.54. The number of carbonyl (C=O) groups is 1. The summed E-state index contributed by atoms with van der Waals surface area (Å²) in [7, 11) is 0. The van der Waals surface area contributed by atoms with Gasteiger partial charge in [-0.15, -0.1) is 24.0 Å². The molecule has 3 rings (SSSR count). The maximum Gasteiger partial charge on any atom is 0.234 e. The van der Waals surface area contributed by atoms with Crippen LogP contribution in [0.5, 0.6) is 0 Å². The summed E-state index contributed by atoms with van der Waals surface area (Å²) < 4.78 is 6.07. The van der Waals surface area contributed by atoms with E-state index in [0.29, 0.717) is 30.1 Å². The monoisotopic (exact) mass is 549 g/mol. The predicted octanol–water partition coefficient (Wildman–Crippen LogP) is 2.89. The van der Waals surface area contributed by atoms with Gasteiger partial charge in [-0.2, -0.15) is 0 Å². The van der Waals surface area contributed by atoms with Gasteiger partial charge in [0.05, 0.1) is 12.6 Å². The average Bonchev–Trinajstić information content (AvgIpc) is 3.26. The van der Waals surface area contributed by atoms with Gasteiger partial charge in [0, 0.05) is 50.3 Å². The summed E-state index contributed by atoms with van der Waals surface area (Å²) in [6.45, 7) is 11.1. The summed E-state index contributed by atoms with van der Waals surface area (Å²) in [4.78, 5) is 19.0. The van der Waals surface area contributed by atoms with Gasteiger partial charge in [-0.1, -0.05) is 19.8 Å². The fourth-order valence-electron chi connectivity index (χ4n) is 5.50. The lowest BCUT2D eigenvalue weighted by Crippen LogP contribution is -2.65. The van der Waals surface area contributed by atoms with Crippen LogP contribution in [0.4, 0.5) is 0 Å². The average molecular weight is 550 g/mol. The molecule has 1 aliphatic heterocycles. The van der Waals surface area contributed by atoms with E-state index in [-0.39, 0.29) is 29.9 Å². The van der Waals surface area contributed by atoms with Crippen molar-refractivity contribution in [3.8, 4) is 0 Å². The predicted molar refractivity (Wildman–Crippen MR) is 137 cm³/mol. The first kappa shape index (κ1) is 26.6. The first-order chi connectivity index (χ1) is 14.6. The molecule has 2 saturated carbocycles. The van der Waals surface area contributed by atoms with Gasteiger partial charge in [0.1, 0.15) is 0 Å². The van der Waals surface area contributed by atoms with Gasteiger partial charge in [-0.05, 0) is 52.4 Å². The van der Waals surface area contributed by atoms with E-state index in [4.69, 9.17) is 9.73 Å². The van der Waals surface area contributed by atoms with E-state index in [9.17, 15) is 4.79 Å². The number of likely N-dealkylation sites (tertiary alicyclic amines) is 1. The summed E-state index contributed by atoms with van der Waals surface area (Å²) in [6, 6.07) is 0.886. The van der Waals surface area contributed by atoms with Crippen molar-refractivity contribution in [3.63, 3.8) is 0 Å². The number of hydrogen-bond donors (Lipinski definition) is 3. The van der Waals surface area contributed by atoms with Crippen LogP contribution in [0, 0.1) is 5.41 Å². The molecule has 0 radical (unpaired) electrons. The Balaban J connectivity index is 0.00000341. The summed E-state index contributed by atoms with van der Waals surface area (Å²) in [5, 5.41) is 10.4. The summed E-state index contributed by atoms with van der Waals surface area (Å²) >= 11 is 0. The van der Waals surface area contributed by atoms with Crippen LogP contribution >= 0.6 is 24.0 Å². The van der Waals surface area contributed by atoms with Gasteiger partial charge in [0.25, 0.3) is 0 Å². The summed E-state index contributed by atoms with van der Waals surface area (Å²) in [6.07, 6.45) is 9.75. The molecule has 1 saturated heterocycles. The number of nitrogens with one attached hydrogen (secondary N) is 3. The second-order valence-electron chi connectivity index (χ2n) is 9.18. The maximum absolute atomic E-state index is 12.0. The summed E-state index contributed by atoms with van der Waals surface area (Å²) in [5.41, 5.74) is 0.307. The third-order valence-corrected chi connectivity index (χ3v) is 7.18. The Bertz CT molecular complexity index is 574. The second kappa shape index (κ2) is 13.2. The Morgan fingerprint density at radius 1 is 1.13 bits per heavy atom. The third-order valence-electron chi connectivity index (χ3n) is 7.18.